The molecular formula is C20H18N2O9. The summed E-state index contributed by atoms with van der Waals surface area (Å²) in [5.74, 6) is -4.22. The molecule has 2 aromatic carbocycles. The first kappa shape index (κ1) is 23.1. The molecular weight excluding hydrogens is 412 g/mol. The molecule has 0 bridgehead atoms. The molecule has 0 amide bonds. The van der Waals surface area contributed by atoms with Crippen LogP contribution in [0.2, 0.25) is 0 Å². The molecule has 11 heteroatoms. The van der Waals surface area contributed by atoms with E-state index in [2.05, 4.69) is 0 Å². The van der Waals surface area contributed by atoms with Crippen molar-refractivity contribution in [2.75, 3.05) is 0 Å². The number of hydrogen-bond donors (Lipinski definition) is 1. The molecule has 0 spiro atoms. The van der Waals surface area contributed by atoms with Crippen LogP contribution in [0.1, 0.15) is 41.8 Å². The Morgan fingerprint density at radius 3 is 2.16 bits per heavy atom. The van der Waals surface area contributed by atoms with Crippen molar-refractivity contribution in [1.29, 1.82) is 0 Å². The lowest BCUT2D eigenvalue weighted by atomic mass is 9.89. The van der Waals surface area contributed by atoms with Gasteiger partial charge < -0.3 is 9.84 Å². The second kappa shape index (κ2) is 9.11. The molecule has 31 heavy (non-hydrogen) atoms. The smallest absolute Gasteiger partial charge is 0.435 e. The number of rotatable bonds is 9. The monoisotopic (exact) mass is 430 g/mol. The molecule has 2 aromatic rings. The van der Waals surface area contributed by atoms with Crippen molar-refractivity contribution in [3.05, 3.63) is 85.4 Å². The number of carboxylic acid groups (broad SMARTS) is 1. The number of non-ortho nitro benzene ring substituents is 1. The maximum absolute atomic E-state index is 12.6. The summed E-state index contributed by atoms with van der Waals surface area (Å²) in [5.41, 5.74) is -4.03. The van der Waals surface area contributed by atoms with Crippen molar-refractivity contribution in [3.63, 3.8) is 0 Å². The Hall–Kier alpha value is -4.15. The summed E-state index contributed by atoms with van der Waals surface area (Å²) in [6, 6.07) is 9.11. The van der Waals surface area contributed by atoms with Crippen LogP contribution in [0.4, 0.5) is 5.69 Å². The number of esters is 1. The third-order valence-electron chi connectivity index (χ3n) is 4.65. The molecule has 11 nitrogen and oxygen atoms in total. The minimum Gasteiger partial charge on any atom is -0.475 e. The highest BCUT2D eigenvalue weighted by Gasteiger charge is 2.63. The lowest BCUT2D eigenvalue weighted by molar-refractivity contribution is -0.549. The molecule has 0 radical (unpaired) electrons. The van der Waals surface area contributed by atoms with E-state index < -0.39 is 44.8 Å². The summed E-state index contributed by atoms with van der Waals surface area (Å²) in [4.78, 5) is 57.6. The first-order valence-corrected chi connectivity index (χ1v) is 9.04. The number of nitrogens with zero attached hydrogens (tertiary/aromatic N) is 2. The second-order valence-electron chi connectivity index (χ2n) is 6.61. The van der Waals surface area contributed by atoms with Gasteiger partial charge in [0.2, 0.25) is 0 Å². The molecule has 2 unspecified atom stereocenters. The van der Waals surface area contributed by atoms with Gasteiger partial charge in [0.1, 0.15) is 0 Å². The van der Waals surface area contributed by atoms with E-state index in [4.69, 9.17) is 4.74 Å². The predicted molar refractivity (Wildman–Crippen MR) is 105 cm³/mol. The van der Waals surface area contributed by atoms with Gasteiger partial charge in [0.15, 0.2) is 5.78 Å². The van der Waals surface area contributed by atoms with Gasteiger partial charge in [0.05, 0.1) is 21.5 Å². The lowest BCUT2D eigenvalue weighted by Gasteiger charge is -2.21. The van der Waals surface area contributed by atoms with Crippen LogP contribution in [-0.2, 0) is 19.9 Å². The summed E-state index contributed by atoms with van der Waals surface area (Å²) >= 11 is 0. The molecule has 162 valence electrons. The minimum absolute atomic E-state index is 0.00287. The summed E-state index contributed by atoms with van der Waals surface area (Å²) in [6.45, 7) is 3.12. The van der Waals surface area contributed by atoms with Crippen molar-refractivity contribution in [2.45, 2.75) is 31.9 Å². The van der Waals surface area contributed by atoms with Crippen LogP contribution in [0, 0.1) is 20.2 Å². The van der Waals surface area contributed by atoms with Gasteiger partial charge in [-0.15, -0.1) is 0 Å². The summed E-state index contributed by atoms with van der Waals surface area (Å²) in [5, 5.41) is 32.2. The summed E-state index contributed by atoms with van der Waals surface area (Å²) in [6.07, 6.45) is -0.434. The average molecular weight is 430 g/mol. The first-order valence-electron chi connectivity index (χ1n) is 9.04. The number of hydrogen-bond acceptors (Lipinski definition) is 8. The molecule has 0 aliphatic carbocycles. The van der Waals surface area contributed by atoms with Crippen molar-refractivity contribution in [1.82, 2.24) is 0 Å². The van der Waals surface area contributed by atoms with Crippen LogP contribution < -0.4 is 0 Å². The zero-order valence-electron chi connectivity index (χ0n) is 16.5. The van der Waals surface area contributed by atoms with E-state index in [1.54, 1.807) is 6.92 Å². The number of ketones is 1. The highest BCUT2D eigenvalue weighted by atomic mass is 16.6. The Labute approximate surface area is 175 Å². The SMILES string of the molecule is CCC(C)OC(=O)C(C(=O)O)(c1ccc(C(=O)c2cccc([N+](=O)[O-])c2)cc1)[N+](=O)[O-]. The lowest BCUT2D eigenvalue weighted by Crippen LogP contribution is -2.52. The summed E-state index contributed by atoms with van der Waals surface area (Å²) in [7, 11) is 0. The highest BCUT2D eigenvalue weighted by Crippen LogP contribution is 2.29. The zero-order valence-corrected chi connectivity index (χ0v) is 16.5. The van der Waals surface area contributed by atoms with E-state index >= 15 is 0 Å². The van der Waals surface area contributed by atoms with Crippen LogP contribution in [0.15, 0.2) is 48.5 Å². The number of carboxylic acids is 1. The van der Waals surface area contributed by atoms with Gasteiger partial charge >= 0.3 is 17.5 Å². The number of nitro groups is 2. The number of nitro benzene ring substituents is 1. The fraction of sp³-hybridized carbons (Fsp3) is 0.250. The van der Waals surface area contributed by atoms with Crippen molar-refractivity contribution >= 4 is 23.4 Å². The van der Waals surface area contributed by atoms with Crippen LogP contribution in [-0.4, -0.2) is 38.8 Å². The highest BCUT2D eigenvalue weighted by molar-refractivity contribution is 6.09. The quantitative estimate of drug-likeness (QED) is 0.207. The summed E-state index contributed by atoms with van der Waals surface area (Å²) < 4.78 is 4.93. The van der Waals surface area contributed by atoms with Gasteiger partial charge in [0.25, 0.3) is 5.69 Å². The molecule has 0 saturated carbocycles. The Kier molecular flexibility index (Phi) is 6.80. The average Bonchev–Trinajstić information content (AvgIpc) is 2.73. The van der Waals surface area contributed by atoms with E-state index in [0.717, 1.165) is 30.3 Å². The molecule has 0 fully saturated rings. The molecule has 0 aliphatic rings. The third-order valence-corrected chi connectivity index (χ3v) is 4.65. The molecule has 2 rings (SSSR count). The maximum Gasteiger partial charge on any atom is 0.435 e. The van der Waals surface area contributed by atoms with Gasteiger partial charge in [-0.3, -0.25) is 25.0 Å². The number of carbonyl (C=O) groups excluding carboxylic acids is 2. The van der Waals surface area contributed by atoms with Crippen LogP contribution in [0.25, 0.3) is 0 Å². The van der Waals surface area contributed by atoms with E-state index in [1.165, 1.54) is 25.1 Å². The molecule has 0 saturated heterocycles. The Morgan fingerprint density at radius 1 is 1.06 bits per heavy atom. The molecule has 2 atom stereocenters. The normalized spacial score (nSPS) is 13.5. The zero-order chi connectivity index (χ0) is 23.3. The van der Waals surface area contributed by atoms with E-state index in [9.17, 15) is 39.7 Å². The minimum atomic E-state index is -3.21. The number of aliphatic carboxylic acids is 1. The topological polar surface area (TPSA) is 167 Å². The third kappa shape index (κ3) is 4.39. The van der Waals surface area contributed by atoms with Crippen LogP contribution in [0.5, 0.6) is 0 Å². The van der Waals surface area contributed by atoms with Gasteiger partial charge in [-0.25, -0.2) is 9.59 Å². The maximum atomic E-state index is 12.6. The number of carbonyl (C=O) groups is 3. The van der Waals surface area contributed by atoms with Gasteiger partial charge in [-0.1, -0.05) is 31.2 Å². The van der Waals surface area contributed by atoms with E-state index in [1.807, 2.05) is 0 Å². The van der Waals surface area contributed by atoms with Crippen LogP contribution in [0.3, 0.4) is 0 Å². The first-order chi connectivity index (χ1) is 14.5. The van der Waals surface area contributed by atoms with Gasteiger partial charge in [-0.05, 0) is 25.5 Å². The Morgan fingerprint density at radius 2 is 1.68 bits per heavy atom. The largest absolute Gasteiger partial charge is 0.475 e. The standard InChI is InChI=1S/C20H18N2O9/c1-3-12(2)31-19(26)20(18(24)25,22(29)30)15-9-7-13(8-10-15)17(23)14-5-4-6-16(11-14)21(27)28/h4-12H,3H2,1-2H3,(H,24,25). The number of ether oxygens (including phenoxy) is 1. The molecule has 0 aromatic heterocycles. The predicted octanol–water partition coefficient (Wildman–Crippen LogP) is 2.72. The van der Waals surface area contributed by atoms with E-state index in [-0.39, 0.29) is 16.8 Å². The fourth-order valence-electron chi connectivity index (χ4n) is 2.73. The Bertz CT molecular complexity index is 1030. The van der Waals surface area contributed by atoms with E-state index in [0.29, 0.717) is 6.42 Å². The molecule has 0 heterocycles. The van der Waals surface area contributed by atoms with Crippen molar-refractivity contribution in [2.24, 2.45) is 0 Å². The number of benzene rings is 2. The van der Waals surface area contributed by atoms with Crippen molar-refractivity contribution in [3.8, 4) is 0 Å². The Balaban J connectivity index is 2.48. The molecule has 0 aliphatic heterocycles. The fourth-order valence-corrected chi connectivity index (χ4v) is 2.73. The second-order valence-corrected chi connectivity index (χ2v) is 6.61. The van der Waals surface area contributed by atoms with Crippen LogP contribution >= 0.6 is 0 Å². The van der Waals surface area contributed by atoms with Crippen molar-refractivity contribution < 1.29 is 34.1 Å². The van der Waals surface area contributed by atoms with Gasteiger partial charge in [-0.2, -0.15) is 0 Å². The van der Waals surface area contributed by atoms with Gasteiger partial charge in [0, 0.05) is 23.3 Å². The molecule has 1 N–H and O–H groups in total.